The Morgan fingerprint density at radius 3 is 2.56 bits per heavy atom. The first kappa shape index (κ1) is 17.3. The molecule has 1 saturated heterocycles. The summed E-state index contributed by atoms with van der Waals surface area (Å²) in [6.45, 7) is 7.14. The van der Waals surface area contributed by atoms with E-state index >= 15 is 0 Å². The van der Waals surface area contributed by atoms with E-state index in [0.29, 0.717) is 6.42 Å². The Kier molecular flexibility index (Phi) is 5.22. The van der Waals surface area contributed by atoms with Crippen LogP contribution in [0, 0.1) is 13.8 Å². The van der Waals surface area contributed by atoms with Crippen LogP contribution in [-0.2, 0) is 11.2 Å². The summed E-state index contributed by atoms with van der Waals surface area (Å²) in [5, 5.41) is 0. The van der Waals surface area contributed by atoms with Gasteiger partial charge in [0.25, 0.3) is 0 Å². The summed E-state index contributed by atoms with van der Waals surface area (Å²) in [6.07, 6.45) is 2.19. The zero-order valence-corrected chi connectivity index (χ0v) is 15.2. The summed E-state index contributed by atoms with van der Waals surface area (Å²) in [4.78, 5) is 21.3. The molecule has 0 aliphatic carbocycles. The van der Waals surface area contributed by atoms with E-state index in [9.17, 15) is 4.79 Å². The Balaban J connectivity index is 1.64. The average molecular weight is 339 g/mol. The molecule has 0 saturated carbocycles. The molecular weight excluding hydrogens is 314 g/mol. The lowest BCUT2D eigenvalue weighted by atomic mass is 10.0. The van der Waals surface area contributed by atoms with Gasteiger partial charge < -0.3 is 14.5 Å². The monoisotopic (exact) mass is 339 g/mol. The minimum absolute atomic E-state index is 0.156. The third kappa shape index (κ3) is 3.92. The Hall–Kier alpha value is -2.56. The number of aryl methyl sites for hydroxylation is 2. The van der Waals surface area contributed by atoms with Gasteiger partial charge in [-0.2, -0.15) is 0 Å². The summed E-state index contributed by atoms with van der Waals surface area (Å²) < 4.78 is 5.51. The number of piperazine rings is 1. The molecule has 1 aromatic carbocycles. The van der Waals surface area contributed by atoms with E-state index in [2.05, 4.69) is 16.0 Å². The fourth-order valence-corrected chi connectivity index (χ4v) is 3.47. The number of hydrogen-bond donors (Lipinski definition) is 0. The number of rotatable bonds is 4. The van der Waals surface area contributed by atoms with Crippen molar-refractivity contribution in [3.8, 4) is 5.75 Å². The SMILES string of the molecule is COc1c(C)cc(C)cc1CC(=O)N1CCN(c2ccccn2)CC1. The van der Waals surface area contributed by atoms with E-state index in [1.165, 1.54) is 0 Å². The van der Waals surface area contributed by atoms with Crippen molar-refractivity contribution < 1.29 is 9.53 Å². The number of hydrogen-bond acceptors (Lipinski definition) is 4. The molecule has 1 amide bonds. The molecule has 1 fully saturated rings. The van der Waals surface area contributed by atoms with Gasteiger partial charge in [-0.05, 0) is 31.5 Å². The number of benzene rings is 1. The summed E-state index contributed by atoms with van der Waals surface area (Å²) in [6, 6.07) is 10.1. The second-order valence-corrected chi connectivity index (χ2v) is 6.51. The first-order valence-corrected chi connectivity index (χ1v) is 8.66. The molecule has 0 unspecified atom stereocenters. The first-order valence-electron chi connectivity index (χ1n) is 8.66. The molecule has 1 aliphatic rings. The minimum atomic E-state index is 0.156. The van der Waals surface area contributed by atoms with Crippen molar-refractivity contribution in [1.82, 2.24) is 9.88 Å². The van der Waals surface area contributed by atoms with Crippen LogP contribution in [0.4, 0.5) is 5.82 Å². The van der Waals surface area contributed by atoms with Crippen molar-refractivity contribution in [2.45, 2.75) is 20.3 Å². The van der Waals surface area contributed by atoms with Gasteiger partial charge in [0.1, 0.15) is 11.6 Å². The largest absolute Gasteiger partial charge is 0.496 e. The number of carbonyl (C=O) groups is 1. The van der Waals surface area contributed by atoms with E-state index in [-0.39, 0.29) is 5.91 Å². The fourth-order valence-electron chi connectivity index (χ4n) is 3.47. The maximum Gasteiger partial charge on any atom is 0.227 e. The summed E-state index contributed by atoms with van der Waals surface area (Å²) in [5.41, 5.74) is 3.20. The number of pyridine rings is 1. The Labute approximate surface area is 149 Å². The third-order valence-corrected chi connectivity index (χ3v) is 4.65. The van der Waals surface area contributed by atoms with Crippen LogP contribution in [-0.4, -0.2) is 49.1 Å². The quantitative estimate of drug-likeness (QED) is 0.859. The van der Waals surface area contributed by atoms with Crippen molar-refractivity contribution in [3.05, 3.63) is 53.2 Å². The number of ether oxygens (including phenoxy) is 1. The second kappa shape index (κ2) is 7.55. The van der Waals surface area contributed by atoms with E-state index in [1.807, 2.05) is 43.0 Å². The van der Waals surface area contributed by atoms with Gasteiger partial charge >= 0.3 is 0 Å². The predicted octanol–water partition coefficient (Wildman–Crippen LogP) is 2.60. The van der Waals surface area contributed by atoms with Crippen LogP contribution < -0.4 is 9.64 Å². The van der Waals surface area contributed by atoms with Gasteiger partial charge in [-0.3, -0.25) is 4.79 Å². The fraction of sp³-hybridized carbons (Fsp3) is 0.400. The lowest BCUT2D eigenvalue weighted by Gasteiger charge is -2.35. The van der Waals surface area contributed by atoms with Crippen LogP contribution in [0.5, 0.6) is 5.75 Å². The Morgan fingerprint density at radius 1 is 1.16 bits per heavy atom. The van der Waals surface area contributed by atoms with Gasteiger partial charge in [-0.1, -0.05) is 23.8 Å². The van der Waals surface area contributed by atoms with Crippen LogP contribution in [0.25, 0.3) is 0 Å². The predicted molar refractivity (Wildman–Crippen MR) is 99.2 cm³/mol. The van der Waals surface area contributed by atoms with Gasteiger partial charge in [0.05, 0.1) is 13.5 Å². The number of anilines is 1. The summed E-state index contributed by atoms with van der Waals surface area (Å²) in [7, 11) is 1.66. The Morgan fingerprint density at radius 2 is 1.92 bits per heavy atom. The molecule has 0 N–H and O–H groups in total. The smallest absolute Gasteiger partial charge is 0.227 e. The van der Waals surface area contributed by atoms with Gasteiger partial charge in [-0.15, -0.1) is 0 Å². The highest BCUT2D eigenvalue weighted by molar-refractivity contribution is 5.80. The van der Waals surface area contributed by atoms with Gasteiger partial charge in [-0.25, -0.2) is 4.98 Å². The number of amides is 1. The highest BCUT2D eigenvalue weighted by atomic mass is 16.5. The van der Waals surface area contributed by atoms with Gasteiger partial charge in [0.2, 0.25) is 5.91 Å². The first-order chi connectivity index (χ1) is 12.1. The van der Waals surface area contributed by atoms with E-state index in [1.54, 1.807) is 13.3 Å². The summed E-state index contributed by atoms with van der Waals surface area (Å²) >= 11 is 0. The van der Waals surface area contributed by atoms with E-state index in [0.717, 1.165) is 54.4 Å². The molecule has 1 aromatic heterocycles. The molecule has 132 valence electrons. The van der Waals surface area contributed by atoms with Crippen LogP contribution in [0.2, 0.25) is 0 Å². The van der Waals surface area contributed by atoms with Crippen LogP contribution in [0.15, 0.2) is 36.5 Å². The topological polar surface area (TPSA) is 45.7 Å². The van der Waals surface area contributed by atoms with E-state index < -0.39 is 0 Å². The minimum Gasteiger partial charge on any atom is -0.496 e. The van der Waals surface area contributed by atoms with Crippen LogP contribution in [0.3, 0.4) is 0 Å². The number of nitrogens with zero attached hydrogens (tertiary/aromatic N) is 3. The maximum atomic E-state index is 12.7. The van der Waals surface area contributed by atoms with Crippen LogP contribution in [0.1, 0.15) is 16.7 Å². The second-order valence-electron chi connectivity index (χ2n) is 6.51. The molecule has 2 aromatic rings. The van der Waals surface area contributed by atoms with Crippen LogP contribution >= 0.6 is 0 Å². The zero-order chi connectivity index (χ0) is 17.8. The zero-order valence-electron chi connectivity index (χ0n) is 15.2. The van der Waals surface area contributed by atoms with Crippen molar-refractivity contribution in [1.29, 1.82) is 0 Å². The molecule has 0 atom stereocenters. The molecule has 5 heteroatoms. The molecule has 0 radical (unpaired) electrons. The highest BCUT2D eigenvalue weighted by Crippen LogP contribution is 2.26. The van der Waals surface area contributed by atoms with Crippen molar-refractivity contribution in [2.24, 2.45) is 0 Å². The molecule has 0 spiro atoms. The van der Waals surface area contributed by atoms with Gasteiger partial charge in [0.15, 0.2) is 0 Å². The number of methoxy groups -OCH3 is 1. The standard InChI is InChI=1S/C20H25N3O2/c1-15-12-16(2)20(25-3)17(13-15)14-19(24)23-10-8-22(9-11-23)18-6-4-5-7-21-18/h4-7,12-13H,8-11,14H2,1-3H3. The molecular formula is C20H25N3O2. The third-order valence-electron chi connectivity index (χ3n) is 4.65. The molecule has 2 heterocycles. The molecule has 3 rings (SSSR count). The molecule has 5 nitrogen and oxygen atoms in total. The lowest BCUT2D eigenvalue weighted by Crippen LogP contribution is -2.49. The number of carbonyl (C=O) groups excluding carboxylic acids is 1. The average Bonchev–Trinajstić information content (AvgIpc) is 2.62. The van der Waals surface area contributed by atoms with Crippen molar-refractivity contribution in [2.75, 3.05) is 38.2 Å². The van der Waals surface area contributed by atoms with E-state index in [4.69, 9.17) is 4.74 Å². The number of aromatic nitrogens is 1. The maximum absolute atomic E-state index is 12.7. The Bertz CT molecular complexity index is 738. The van der Waals surface area contributed by atoms with Gasteiger partial charge in [0, 0.05) is 37.9 Å². The lowest BCUT2D eigenvalue weighted by molar-refractivity contribution is -0.130. The summed E-state index contributed by atoms with van der Waals surface area (Å²) in [5.74, 6) is 1.96. The highest BCUT2D eigenvalue weighted by Gasteiger charge is 2.23. The molecule has 0 bridgehead atoms. The van der Waals surface area contributed by atoms with Crippen molar-refractivity contribution in [3.63, 3.8) is 0 Å². The van der Waals surface area contributed by atoms with Crippen molar-refractivity contribution >= 4 is 11.7 Å². The molecule has 1 aliphatic heterocycles. The normalized spacial score (nSPS) is 14.5. The molecule has 25 heavy (non-hydrogen) atoms.